The third-order valence-corrected chi connectivity index (χ3v) is 4.89. The summed E-state index contributed by atoms with van der Waals surface area (Å²) in [4.78, 5) is 5.17. The Balaban J connectivity index is 1.62. The molecule has 0 aromatic carbocycles. The van der Waals surface area contributed by atoms with Crippen molar-refractivity contribution >= 4 is 0 Å². The van der Waals surface area contributed by atoms with Crippen LogP contribution in [0.4, 0.5) is 0 Å². The molecule has 0 aromatic rings. The van der Waals surface area contributed by atoms with Crippen LogP contribution in [0.1, 0.15) is 46.0 Å². The molecule has 3 heteroatoms. The topological polar surface area (TPSA) is 18.5 Å². The van der Waals surface area contributed by atoms with Crippen molar-refractivity contribution in [3.63, 3.8) is 0 Å². The average Bonchev–Trinajstić information content (AvgIpc) is 3.23. The second kappa shape index (κ2) is 7.61. The zero-order valence-corrected chi connectivity index (χ0v) is 13.2. The van der Waals surface area contributed by atoms with Gasteiger partial charge in [0, 0.05) is 31.7 Å². The zero-order chi connectivity index (χ0) is 13.7. The third kappa shape index (κ3) is 5.05. The maximum atomic E-state index is 3.76. The minimum absolute atomic E-state index is 0.673. The Morgan fingerprint density at radius 1 is 1.32 bits per heavy atom. The Kier molecular flexibility index (Phi) is 6.11. The number of hydrogen-bond donors (Lipinski definition) is 1. The molecular weight excluding hydrogens is 234 g/mol. The fourth-order valence-electron chi connectivity index (χ4n) is 3.35. The molecule has 2 fully saturated rings. The van der Waals surface area contributed by atoms with Gasteiger partial charge in [-0.2, -0.15) is 0 Å². The minimum Gasteiger partial charge on any atom is -0.313 e. The molecule has 0 amide bonds. The summed E-state index contributed by atoms with van der Waals surface area (Å²) < 4.78 is 0. The van der Waals surface area contributed by atoms with Crippen molar-refractivity contribution in [2.75, 3.05) is 39.8 Å². The van der Waals surface area contributed by atoms with Crippen LogP contribution in [0.5, 0.6) is 0 Å². The van der Waals surface area contributed by atoms with E-state index >= 15 is 0 Å². The second-order valence-corrected chi connectivity index (χ2v) is 6.66. The van der Waals surface area contributed by atoms with Gasteiger partial charge in [-0.05, 0) is 65.1 Å². The summed E-state index contributed by atoms with van der Waals surface area (Å²) in [6.45, 7) is 10.9. The average molecular weight is 267 g/mol. The number of likely N-dealkylation sites (N-methyl/N-ethyl adjacent to an activating group) is 1. The van der Waals surface area contributed by atoms with Crippen LogP contribution in [-0.2, 0) is 0 Å². The number of piperidine rings is 1. The molecule has 19 heavy (non-hydrogen) atoms. The van der Waals surface area contributed by atoms with Gasteiger partial charge in [-0.3, -0.25) is 0 Å². The van der Waals surface area contributed by atoms with Gasteiger partial charge < -0.3 is 15.1 Å². The number of nitrogens with one attached hydrogen (secondary N) is 1. The monoisotopic (exact) mass is 267 g/mol. The van der Waals surface area contributed by atoms with Gasteiger partial charge in [0.2, 0.25) is 0 Å². The van der Waals surface area contributed by atoms with Crippen molar-refractivity contribution < 1.29 is 0 Å². The van der Waals surface area contributed by atoms with Crippen LogP contribution in [0.15, 0.2) is 0 Å². The first-order valence-electron chi connectivity index (χ1n) is 8.36. The molecule has 3 nitrogen and oxygen atoms in total. The Morgan fingerprint density at radius 3 is 2.79 bits per heavy atom. The lowest BCUT2D eigenvalue weighted by Gasteiger charge is -2.36. The van der Waals surface area contributed by atoms with E-state index in [1.807, 2.05) is 0 Å². The normalized spacial score (nSPS) is 26.8. The summed E-state index contributed by atoms with van der Waals surface area (Å²) in [5, 5.41) is 3.76. The second-order valence-electron chi connectivity index (χ2n) is 6.66. The molecule has 0 radical (unpaired) electrons. The van der Waals surface area contributed by atoms with Gasteiger partial charge in [-0.1, -0.05) is 6.92 Å². The van der Waals surface area contributed by atoms with Gasteiger partial charge in [0.15, 0.2) is 0 Å². The lowest BCUT2D eigenvalue weighted by molar-refractivity contribution is 0.149. The molecule has 2 atom stereocenters. The van der Waals surface area contributed by atoms with Crippen molar-refractivity contribution in [2.45, 2.75) is 58.0 Å². The highest BCUT2D eigenvalue weighted by atomic mass is 15.2. The van der Waals surface area contributed by atoms with Crippen molar-refractivity contribution in [2.24, 2.45) is 5.92 Å². The maximum absolute atomic E-state index is 3.76. The smallest absolute Gasteiger partial charge is 0.0107 e. The largest absolute Gasteiger partial charge is 0.313 e. The Hall–Kier alpha value is -0.120. The first-order valence-corrected chi connectivity index (χ1v) is 8.36. The highest BCUT2D eigenvalue weighted by Crippen LogP contribution is 2.24. The van der Waals surface area contributed by atoms with E-state index in [9.17, 15) is 0 Å². The van der Waals surface area contributed by atoms with Gasteiger partial charge in [0.05, 0.1) is 0 Å². The van der Waals surface area contributed by atoms with E-state index in [-0.39, 0.29) is 0 Å². The molecule has 0 bridgehead atoms. The van der Waals surface area contributed by atoms with Gasteiger partial charge in [0.25, 0.3) is 0 Å². The van der Waals surface area contributed by atoms with Crippen LogP contribution >= 0.6 is 0 Å². The van der Waals surface area contributed by atoms with Crippen LogP contribution in [-0.4, -0.2) is 61.7 Å². The van der Waals surface area contributed by atoms with Crippen LogP contribution in [0.2, 0.25) is 0 Å². The van der Waals surface area contributed by atoms with Crippen LogP contribution in [0, 0.1) is 5.92 Å². The third-order valence-electron chi connectivity index (χ3n) is 4.89. The number of hydrogen-bond acceptors (Lipinski definition) is 3. The molecule has 1 saturated carbocycles. The molecule has 1 aliphatic carbocycles. The molecule has 1 saturated heterocycles. The Bertz CT molecular complexity index is 250. The van der Waals surface area contributed by atoms with Gasteiger partial charge >= 0.3 is 0 Å². The van der Waals surface area contributed by atoms with Crippen LogP contribution in [0.3, 0.4) is 0 Å². The van der Waals surface area contributed by atoms with Gasteiger partial charge in [-0.15, -0.1) is 0 Å². The summed E-state index contributed by atoms with van der Waals surface area (Å²) >= 11 is 0. The van der Waals surface area contributed by atoms with E-state index in [4.69, 9.17) is 0 Å². The number of likely N-dealkylation sites (tertiary alicyclic amines) is 1. The molecule has 0 spiro atoms. The summed E-state index contributed by atoms with van der Waals surface area (Å²) in [6, 6.07) is 1.57. The van der Waals surface area contributed by atoms with Crippen molar-refractivity contribution in [1.82, 2.24) is 15.1 Å². The van der Waals surface area contributed by atoms with Crippen molar-refractivity contribution in [1.29, 1.82) is 0 Å². The molecule has 1 heterocycles. The highest BCUT2D eigenvalue weighted by molar-refractivity contribution is 4.84. The number of nitrogens with zero attached hydrogens (tertiary/aromatic N) is 2. The molecule has 2 rings (SSSR count). The van der Waals surface area contributed by atoms with E-state index in [0.717, 1.165) is 18.5 Å². The van der Waals surface area contributed by atoms with Crippen LogP contribution in [0.25, 0.3) is 0 Å². The van der Waals surface area contributed by atoms with E-state index in [1.54, 1.807) is 0 Å². The number of rotatable bonds is 8. The highest BCUT2D eigenvalue weighted by Gasteiger charge is 2.26. The predicted octanol–water partition coefficient (Wildman–Crippen LogP) is 2.18. The van der Waals surface area contributed by atoms with E-state index < -0.39 is 0 Å². The SMILES string of the molecule is CCCN1CCCC(C(C)NCCN(C)C2CC2)C1. The van der Waals surface area contributed by atoms with Crippen LogP contribution < -0.4 is 5.32 Å². The standard InChI is InChI=1S/C16H33N3/c1-4-10-19-11-5-6-15(13-19)14(2)17-9-12-18(3)16-7-8-16/h14-17H,4-13H2,1-3H3. The molecule has 2 unspecified atom stereocenters. The molecular formula is C16H33N3. The molecule has 1 aliphatic heterocycles. The minimum atomic E-state index is 0.673. The molecule has 0 aromatic heterocycles. The van der Waals surface area contributed by atoms with Crippen molar-refractivity contribution in [3.8, 4) is 0 Å². The summed E-state index contributed by atoms with van der Waals surface area (Å²) in [5.74, 6) is 0.853. The Labute approximate surface area is 119 Å². The lowest BCUT2D eigenvalue weighted by atomic mass is 9.91. The quantitative estimate of drug-likeness (QED) is 0.727. The predicted molar refractivity (Wildman–Crippen MR) is 82.6 cm³/mol. The summed E-state index contributed by atoms with van der Waals surface area (Å²) in [6.07, 6.45) is 6.92. The molecule has 112 valence electrons. The fourth-order valence-corrected chi connectivity index (χ4v) is 3.35. The van der Waals surface area contributed by atoms with E-state index in [2.05, 4.69) is 36.0 Å². The van der Waals surface area contributed by atoms with Crippen molar-refractivity contribution in [3.05, 3.63) is 0 Å². The summed E-state index contributed by atoms with van der Waals surface area (Å²) in [5.41, 5.74) is 0. The fraction of sp³-hybridized carbons (Fsp3) is 1.00. The molecule has 2 aliphatic rings. The van der Waals surface area contributed by atoms with E-state index in [0.29, 0.717) is 6.04 Å². The first kappa shape index (κ1) is 15.3. The summed E-state index contributed by atoms with van der Waals surface area (Å²) in [7, 11) is 2.27. The first-order chi connectivity index (χ1) is 9.20. The van der Waals surface area contributed by atoms with Gasteiger partial charge in [-0.25, -0.2) is 0 Å². The Morgan fingerprint density at radius 2 is 2.11 bits per heavy atom. The molecule has 1 N–H and O–H groups in total. The van der Waals surface area contributed by atoms with Gasteiger partial charge in [0.1, 0.15) is 0 Å². The van der Waals surface area contributed by atoms with E-state index in [1.165, 1.54) is 58.3 Å². The lowest BCUT2D eigenvalue weighted by Crippen LogP contribution is -2.46. The zero-order valence-electron chi connectivity index (χ0n) is 13.2. The maximum Gasteiger partial charge on any atom is 0.0107 e.